The molecule has 1 spiro atoms. The molecule has 2 aliphatic carbocycles. The Hall–Kier alpha value is -6.55. The lowest BCUT2D eigenvalue weighted by atomic mass is 9.56. The van der Waals surface area contributed by atoms with Crippen LogP contribution in [0.3, 0.4) is 0 Å². The number of carbonyl (C=O) groups excluding carboxylic acids is 3. The number of terminal acetylenes is 1. The lowest BCUT2D eigenvalue weighted by Gasteiger charge is -2.55. The number of piperazine rings is 1. The number of hydrogen-bond donors (Lipinski definition) is 5. The molecule has 3 saturated heterocycles. The summed E-state index contributed by atoms with van der Waals surface area (Å²) in [7, 11) is 3.47. The van der Waals surface area contributed by atoms with Crippen molar-refractivity contribution in [1.82, 2.24) is 40.6 Å². The maximum atomic E-state index is 14.4. The van der Waals surface area contributed by atoms with E-state index in [9.17, 15) is 24.6 Å². The number of piperidine rings is 1. The predicted octanol–water partition coefficient (Wildman–Crippen LogP) is 5.73. The van der Waals surface area contributed by atoms with Crippen LogP contribution >= 0.6 is 0 Å². The Balaban J connectivity index is 0.713. The normalized spacial score (nSPS) is 23.6. The van der Waals surface area contributed by atoms with Crippen LogP contribution in [0.4, 0.5) is 17.5 Å². The number of amides is 3. The molecule has 0 radical (unpaired) electrons. The minimum atomic E-state index is -0.897. The molecule has 5 N–H and O–H groups in total. The summed E-state index contributed by atoms with van der Waals surface area (Å²) < 4.78 is 11.1. The van der Waals surface area contributed by atoms with Crippen LogP contribution in [0.1, 0.15) is 108 Å². The van der Waals surface area contributed by atoms with Gasteiger partial charge in [-0.3, -0.25) is 14.4 Å². The van der Waals surface area contributed by atoms with Gasteiger partial charge in [0, 0.05) is 114 Å². The molecule has 3 aliphatic heterocycles. The third-order valence-electron chi connectivity index (χ3n) is 16.7. The summed E-state index contributed by atoms with van der Waals surface area (Å²) in [5.74, 6) is 4.19. The highest BCUT2D eigenvalue weighted by atomic mass is 16.5. The third-order valence-corrected chi connectivity index (χ3v) is 16.7. The van der Waals surface area contributed by atoms with E-state index in [1.54, 1.807) is 31.4 Å². The number of phenols is 1. The average molecular weight is 1040 g/mol. The first-order valence-corrected chi connectivity index (χ1v) is 27.3. The molecule has 406 valence electrons. The second kappa shape index (κ2) is 23.8. The van der Waals surface area contributed by atoms with E-state index >= 15 is 0 Å². The summed E-state index contributed by atoms with van der Waals surface area (Å²) in [6, 6.07) is 13.3. The smallest absolute Gasteiger partial charge is 0.246 e. The van der Waals surface area contributed by atoms with Crippen molar-refractivity contribution in [2.75, 3.05) is 88.3 Å². The number of likely N-dealkylation sites (tertiary alicyclic amines) is 2. The van der Waals surface area contributed by atoms with Crippen molar-refractivity contribution in [2.24, 2.45) is 16.7 Å². The fourth-order valence-electron chi connectivity index (χ4n) is 12.2. The number of aromatic hydroxyl groups is 1. The van der Waals surface area contributed by atoms with Gasteiger partial charge in [0.2, 0.25) is 23.7 Å². The average Bonchev–Trinajstić information content (AvgIpc) is 3.84. The fraction of sp³-hybridized carbons (Fsp3) is 0.569. The van der Waals surface area contributed by atoms with Gasteiger partial charge in [-0.05, 0) is 117 Å². The number of nitrogens with one attached hydrogen (secondary N) is 3. The predicted molar refractivity (Wildman–Crippen MR) is 292 cm³/mol. The van der Waals surface area contributed by atoms with Crippen LogP contribution in [0.25, 0.3) is 11.3 Å². The number of β-amino-alcohol motifs (C(OH)–C–C–N with tert-alkyl or cyclic N) is 1. The van der Waals surface area contributed by atoms with Gasteiger partial charge in [-0.2, -0.15) is 0 Å². The first-order valence-electron chi connectivity index (χ1n) is 27.3. The van der Waals surface area contributed by atoms with Gasteiger partial charge in [0.25, 0.3) is 0 Å². The Kier molecular flexibility index (Phi) is 17.0. The molecule has 3 atom stereocenters. The first-order chi connectivity index (χ1) is 36.6. The van der Waals surface area contributed by atoms with Crippen LogP contribution in [0.15, 0.2) is 60.9 Å². The number of phenolic OH excluding ortho intramolecular Hbond substituents is 1. The molecule has 18 heteroatoms. The number of aliphatic hydroxyl groups excluding tert-OH is 1. The largest absolute Gasteiger partial charge is 0.507 e. The van der Waals surface area contributed by atoms with Gasteiger partial charge in [0.15, 0.2) is 5.82 Å². The number of carbonyl (C=O) groups is 3. The van der Waals surface area contributed by atoms with Gasteiger partial charge >= 0.3 is 0 Å². The Morgan fingerprint density at radius 2 is 1.62 bits per heavy atom. The van der Waals surface area contributed by atoms with Gasteiger partial charge in [0.1, 0.15) is 23.6 Å². The summed E-state index contributed by atoms with van der Waals surface area (Å²) in [4.78, 5) is 60.6. The van der Waals surface area contributed by atoms with Gasteiger partial charge < -0.3 is 55.2 Å². The van der Waals surface area contributed by atoms with Gasteiger partial charge in [-0.25, -0.2) is 9.97 Å². The van der Waals surface area contributed by atoms with Crippen molar-refractivity contribution < 1.29 is 34.1 Å². The van der Waals surface area contributed by atoms with E-state index in [0.717, 1.165) is 108 Å². The number of anilines is 3. The number of aromatic nitrogens is 4. The van der Waals surface area contributed by atoms with Crippen molar-refractivity contribution >= 4 is 35.2 Å². The quantitative estimate of drug-likeness (QED) is 0.0632. The zero-order valence-electron chi connectivity index (χ0n) is 45.0. The summed E-state index contributed by atoms with van der Waals surface area (Å²) >= 11 is 0. The molecular formula is C58H77N11O7. The Labute approximate surface area is 447 Å². The second-order valence-corrected chi connectivity index (χ2v) is 22.8. The van der Waals surface area contributed by atoms with Crippen molar-refractivity contribution in [3.63, 3.8) is 0 Å². The van der Waals surface area contributed by atoms with E-state index in [2.05, 4.69) is 46.8 Å². The summed E-state index contributed by atoms with van der Waals surface area (Å²) in [5.41, 5.74) is 4.43. The highest BCUT2D eigenvalue weighted by Gasteiger charge is 2.50. The zero-order valence-corrected chi connectivity index (χ0v) is 45.0. The molecule has 76 heavy (non-hydrogen) atoms. The maximum Gasteiger partial charge on any atom is 0.246 e. The monoisotopic (exact) mass is 1040 g/mol. The molecular weight excluding hydrogens is 963 g/mol. The van der Waals surface area contributed by atoms with E-state index < -0.39 is 23.6 Å². The number of para-hydroxylation sites is 1. The van der Waals surface area contributed by atoms with Crippen LogP contribution in [0, 0.1) is 29.1 Å². The number of aliphatic hydroxyl groups is 1. The highest BCUT2D eigenvalue weighted by Crippen LogP contribution is 2.55. The van der Waals surface area contributed by atoms with Gasteiger partial charge in [-0.15, -0.1) is 16.6 Å². The summed E-state index contributed by atoms with van der Waals surface area (Å²) in [6.45, 7) is 12.0. The minimum absolute atomic E-state index is 0.00710. The van der Waals surface area contributed by atoms with Crippen LogP contribution in [0.2, 0.25) is 0 Å². The van der Waals surface area contributed by atoms with Crippen LogP contribution in [0.5, 0.6) is 11.5 Å². The number of benzene rings is 2. The number of rotatable bonds is 17. The van der Waals surface area contributed by atoms with Crippen molar-refractivity contribution in [3.8, 4) is 35.1 Å². The molecule has 5 aliphatic rings. The van der Waals surface area contributed by atoms with Crippen molar-refractivity contribution in [3.05, 3.63) is 77.6 Å². The van der Waals surface area contributed by atoms with E-state index in [4.69, 9.17) is 25.9 Å². The molecule has 0 bridgehead atoms. The molecule has 5 heterocycles. The number of hydrogen-bond acceptors (Lipinski definition) is 15. The second-order valence-electron chi connectivity index (χ2n) is 22.8. The Morgan fingerprint density at radius 3 is 2.29 bits per heavy atom. The number of ether oxygens (including phenoxy) is 2. The van der Waals surface area contributed by atoms with Crippen LogP contribution in [-0.2, 0) is 25.7 Å². The van der Waals surface area contributed by atoms with Gasteiger partial charge in [0.05, 0.1) is 24.1 Å². The van der Waals surface area contributed by atoms with E-state index in [-0.39, 0.29) is 54.3 Å². The number of methoxy groups -OCH3 is 1. The molecule has 5 fully saturated rings. The van der Waals surface area contributed by atoms with Crippen molar-refractivity contribution in [2.45, 2.75) is 122 Å². The Morgan fingerprint density at radius 1 is 0.908 bits per heavy atom. The molecule has 4 aromatic rings. The van der Waals surface area contributed by atoms with E-state index in [0.29, 0.717) is 60.0 Å². The Bertz CT molecular complexity index is 2700. The topological polar surface area (TPSA) is 211 Å². The third kappa shape index (κ3) is 12.3. The fourth-order valence-corrected chi connectivity index (χ4v) is 12.2. The summed E-state index contributed by atoms with van der Waals surface area (Å²) in [6.07, 6.45) is 17.6. The molecule has 2 aromatic heterocycles. The van der Waals surface area contributed by atoms with Crippen LogP contribution in [-0.4, -0.2) is 155 Å². The molecule has 3 amide bonds. The SMILES string of the molecule is C#Cc1ccc(CNC(=O)[C@@H]2C[C@@H](O)CN2C(=O)[C@@H](NC(=O)[C@H]2CCC3(CC2)C[C@H](N2CCC(c4cnc(N5CCN(c6cc(-c7ccccc7O)nnc6NC)CC5)nc4)CC2)C3)C(C)(C)C)c(OCCCOC)c1. The number of nitrogens with zero attached hydrogens (tertiary/aromatic N) is 8. The molecule has 0 unspecified atom stereocenters. The molecule has 18 nitrogen and oxygen atoms in total. The van der Waals surface area contributed by atoms with Gasteiger partial charge in [-0.1, -0.05) is 44.9 Å². The molecule has 2 aromatic carbocycles. The first kappa shape index (κ1) is 54.2. The lowest BCUT2D eigenvalue weighted by Crippen LogP contribution is -2.59. The van der Waals surface area contributed by atoms with E-state index in [1.165, 1.54) is 10.5 Å². The highest BCUT2D eigenvalue weighted by molar-refractivity contribution is 5.93. The minimum Gasteiger partial charge on any atom is -0.507 e. The lowest BCUT2D eigenvalue weighted by molar-refractivity contribution is -0.145. The molecule has 9 rings (SSSR count). The molecule has 2 saturated carbocycles. The van der Waals surface area contributed by atoms with E-state index in [1.807, 2.05) is 64.5 Å². The summed E-state index contributed by atoms with van der Waals surface area (Å²) in [5, 5.41) is 39.3. The standard InChI is InChI=1S/C58H77N11O7/c1-7-38-13-14-41(50(29-38)76-28-10-27-75-6)34-60-54(73)48-30-44(70)37-69(48)55(74)51(57(2,3)4)63-53(72)40-15-19-58(20-16-40)32-43(33-58)66-21-17-39(18-22-66)42-35-61-56(62-36-42)68-25-23-67(24-26-68)47-31-46(64-65-52(47)59-5)45-11-8-9-12-49(45)71/h1,8-9,11-14,29,31,35-36,39-40,43-44,48,51,70-71H,10,15-28,30,32-34,37H2,2-6H3,(H,59,65)(H,60,73)(H,63,72)/t40-,43-,44-,48+,51-,58?/m1/s1. The van der Waals surface area contributed by atoms with Crippen LogP contribution < -0.4 is 30.5 Å². The maximum absolute atomic E-state index is 14.4. The zero-order chi connectivity index (χ0) is 53.6. The van der Waals surface area contributed by atoms with Crippen molar-refractivity contribution in [1.29, 1.82) is 0 Å².